The second kappa shape index (κ2) is 21.1. The average molecular weight is 697 g/mol. The Balaban J connectivity index is 1.40. The van der Waals surface area contributed by atoms with E-state index in [9.17, 15) is 9.59 Å². The smallest absolute Gasteiger partial charge is 0.338 e. The van der Waals surface area contributed by atoms with E-state index in [1.807, 2.05) is 97.1 Å². The first-order valence-electron chi connectivity index (χ1n) is 17.7. The first-order chi connectivity index (χ1) is 25.1. The maximum Gasteiger partial charge on any atom is 0.338 e. The summed E-state index contributed by atoms with van der Waals surface area (Å²) in [4.78, 5) is 25.4. The fourth-order valence-electron chi connectivity index (χ4n) is 5.81. The number of ether oxygens (including phenoxy) is 7. The molecule has 1 heterocycles. The van der Waals surface area contributed by atoms with Gasteiger partial charge in [0.15, 0.2) is 12.4 Å². The van der Waals surface area contributed by atoms with Crippen molar-refractivity contribution in [1.29, 1.82) is 0 Å². The van der Waals surface area contributed by atoms with E-state index in [0.29, 0.717) is 44.6 Å². The van der Waals surface area contributed by atoms with Crippen LogP contribution in [-0.2, 0) is 57.8 Å². The summed E-state index contributed by atoms with van der Waals surface area (Å²) >= 11 is 0. The topological polar surface area (TPSA) is 98.8 Å². The molecular formula is C42H48O9. The quantitative estimate of drug-likeness (QED) is 0.0689. The summed E-state index contributed by atoms with van der Waals surface area (Å²) in [6.07, 6.45) is -1.62. The zero-order valence-corrected chi connectivity index (χ0v) is 29.2. The van der Waals surface area contributed by atoms with Crippen molar-refractivity contribution in [3.05, 3.63) is 144 Å². The predicted octanol–water partition coefficient (Wildman–Crippen LogP) is 7.46. The average Bonchev–Trinajstić information content (AvgIpc) is 3.17. The highest BCUT2D eigenvalue weighted by Gasteiger charge is 2.50. The summed E-state index contributed by atoms with van der Waals surface area (Å²) in [6.45, 7) is 3.55. The Hall–Kier alpha value is -4.38. The van der Waals surface area contributed by atoms with Crippen molar-refractivity contribution in [3.63, 3.8) is 0 Å². The monoisotopic (exact) mass is 696 g/mol. The number of esters is 2. The molecule has 4 aromatic carbocycles. The molecular weight excluding hydrogens is 648 g/mol. The van der Waals surface area contributed by atoms with Crippen molar-refractivity contribution < 1.29 is 42.7 Å². The lowest BCUT2D eigenvalue weighted by Gasteiger charge is -2.45. The maximum atomic E-state index is 13.6. The SMILES string of the molecule is CCOC(=O)CCCCCO[C@H]1O[C@H](COCc2ccccc2)[C@@H](OCc2ccccc2)[C@H](OCc2ccccc2)[C@@H]1OC(=O)c1ccccc1. The first-order valence-corrected chi connectivity index (χ1v) is 17.7. The van der Waals surface area contributed by atoms with Gasteiger partial charge < -0.3 is 33.2 Å². The minimum atomic E-state index is -0.981. The van der Waals surface area contributed by atoms with Crippen molar-refractivity contribution in [2.75, 3.05) is 19.8 Å². The van der Waals surface area contributed by atoms with Crippen LogP contribution < -0.4 is 0 Å². The van der Waals surface area contributed by atoms with Crippen LogP contribution in [0.1, 0.15) is 59.7 Å². The van der Waals surface area contributed by atoms with Gasteiger partial charge in [0, 0.05) is 13.0 Å². The Morgan fingerprint density at radius 3 is 1.75 bits per heavy atom. The Labute approximate surface area is 300 Å². The third-order valence-corrected chi connectivity index (χ3v) is 8.42. The van der Waals surface area contributed by atoms with E-state index >= 15 is 0 Å². The molecule has 0 aromatic heterocycles. The van der Waals surface area contributed by atoms with Gasteiger partial charge in [0.2, 0.25) is 0 Å². The molecule has 0 bridgehead atoms. The lowest BCUT2D eigenvalue weighted by Crippen LogP contribution is -2.62. The molecule has 51 heavy (non-hydrogen) atoms. The van der Waals surface area contributed by atoms with Crippen LogP contribution in [0.3, 0.4) is 0 Å². The van der Waals surface area contributed by atoms with E-state index in [1.165, 1.54) is 0 Å². The van der Waals surface area contributed by atoms with Gasteiger partial charge in [-0.15, -0.1) is 0 Å². The van der Waals surface area contributed by atoms with Gasteiger partial charge in [-0.25, -0.2) is 4.79 Å². The zero-order chi connectivity index (χ0) is 35.5. The molecule has 5 atom stereocenters. The van der Waals surface area contributed by atoms with Crippen LogP contribution >= 0.6 is 0 Å². The molecule has 0 aliphatic carbocycles. The third kappa shape index (κ3) is 12.4. The fraction of sp³-hybridized carbons (Fsp3) is 0.381. The van der Waals surface area contributed by atoms with Gasteiger partial charge in [-0.3, -0.25) is 4.79 Å². The molecule has 0 radical (unpaired) electrons. The number of unbranched alkanes of at least 4 members (excludes halogenated alkanes) is 2. The van der Waals surface area contributed by atoms with E-state index in [4.69, 9.17) is 33.2 Å². The van der Waals surface area contributed by atoms with Gasteiger partial charge in [-0.05, 0) is 48.6 Å². The summed E-state index contributed by atoms with van der Waals surface area (Å²) < 4.78 is 43.8. The third-order valence-electron chi connectivity index (χ3n) is 8.42. The van der Waals surface area contributed by atoms with Crippen LogP contribution in [0, 0.1) is 0 Å². The van der Waals surface area contributed by atoms with Crippen molar-refractivity contribution in [3.8, 4) is 0 Å². The van der Waals surface area contributed by atoms with E-state index in [2.05, 4.69) is 0 Å². The molecule has 0 amide bonds. The van der Waals surface area contributed by atoms with Gasteiger partial charge in [0.1, 0.15) is 18.3 Å². The molecule has 9 nitrogen and oxygen atoms in total. The van der Waals surface area contributed by atoms with E-state index in [0.717, 1.165) is 23.1 Å². The Morgan fingerprint density at radius 1 is 0.608 bits per heavy atom. The highest BCUT2D eigenvalue weighted by Crippen LogP contribution is 2.32. The molecule has 5 rings (SSSR count). The Kier molecular flexibility index (Phi) is 15.7. The maximum absolute atomic E-state index is 13.6. The summed E-state index contributed by atoms with van der Waals surface area (Å²) in [6, 6.07) is 38.4. The molecule has 1 aliphatic heterocycles. The Bertz CT molecular complexity index is 1550. The molecule has 0 N–H and O–H groups in total. The standard InChI is InChI=1S/C42H48O9/c1-2-46-37(43)26-16-7-17-27-47-42-40(51-41(44)35-24-14-6-15-25-35)39(49-30-34-22-12-5-13-23-34)38(48-29-33-20-10-4-11-21-33)36(50-42)31-45-28-32-18-8-3-9-19-32/h3-6,8-15,18-25,36,38-40,42H,2,7,16-17,26-31H2,1H3/t36-,38-,39+,40+,42+/m1/s1. The molecule has 0 saturated carbocycles. The second-order valence-electron chi connectivity index (χ2n) is 12.3. The van der Waals surface area contributed by atoms with Crippen LogP contribution in [0.4, 0.5) is 0 Å². The van der Waals surface area contributed by atoms with Crippen LogP contribution in [-0.4, -0.2) is 62.5 Å². The van der Waals surface area contributed by atoms with Crippen molar-refractivity contribution in [1.82, 2.24) is 0 Å². The van der Waals surface area contributed by atoms with Gasteiger partial charge >= 0.3 is 11.9 Å². The number of carbonyl (C=O) groups is 2. The van der Waals surface area contributed by atoms with Crippen LogP contribution in [0.15, 0.2) is 121 Å². The zero-order valence-electron chi connectivity index (χ0n) is 29.2. The van der Waals surface area contributed by atoms with E-state index in [1.54, 1.807) is 31.2 Å². The van der Waals surface area contributed by atoms with Crippen LogP contribution in [0.2, 0.25) is 0 Å². The highest BCUT2D eigenvalue weighted by molar-refractivity contribution is 5.89. The number of carbonyl (C=O) groups excluding carboxylic acids is 2. The largest absolute Gasteiger partial charge is 0.466 e. The minimum absolute atomic E-state index is 0.179. The number of hydrogen-bond donors (Lipinski definition) is 0. The van der Waals surface area contributed by atoms with Crippen LogP contribution in [0.25, 0.3) is 0 Å². The molecule has 0 spiro atoms. The second-order valence-corrected chi connectivity index (χ2v) is 12.3. The van der Waals surface area contributed by atoms with Gasteiger partial charge in [0.05, 0.1) is 38.6 Å². The molecule has 270 valence electrons. The first kappa shape index (κ1) is 37.9. The van der Waals surface area contributed by atoms with Gasteiger partial charge in [-0.2, -0.15) is 0 Å². The predicted molar refractivity (Wildman–Crippen MR) is 191 cm³/mol. The fourth-order valence-corrected chi connectivity index (χ4v) is 5.81. The van der Waals surface area contributed by atoms with Gasteiger partial charge in [0.25, 0.3) is 0 Å². The molecule has 9 heteroatoms. The summed E-state index contributed by atoms with van der Waals surface area (Å²) in [7, 11) is 0. The molecule has 1 aliphatic rings. The lowest BCUT2D eigenvalue weighted by molar-refractivity contribution is -0.318. The minimum Gasteiger partial charge on any atom is -0.466 e. The van der Waals surface area contributed by atoms with Crippen molar-refractivity contribution in [2.24, 2.45) is 0 Å². The molecule has 0 unspecified atom stereocenters. The Morgan fingerprint density at radius 2 is 1.16 bits per heavy atom. The summed E-state index contributed by atoms with van der Waals surface area (Å²) in [5.41, 5.74) is 3.35. The normalized spacial score (nSPS) is 20.1. The van der Waals surface area contributed by atoms with Gasteiger partial charge in [-0.1, -0.05) is 116 Å². The van der Waals surface area contributed by atoms with Crippen LogP contribution in [0.5, 0.6) is 0 Å². The van der Waals surface area contributed by atoms with Crippen molar-refractivity contribution >= 4 is 11.9 Å². The van der Waals surface area contributed by atoms with Crippen molar-refractivity contribution in [2.45, 2.75) is 83.1 Å². The molecule has 1 saturated heterocycles. The summed E-state index contributed by atoms with van der Waals surface area (Å²) in [5.74, 6) is -0.735. The number of rotatable bonds is 20. The van der Waals surface area contributed by atoms with E-state index < -0.39 is 36.7 Å². The number of hydrogen-bond acceptors (Lipinski definition) is 9. The number of benzene rings is 4. The van der Waals surface area contributed by atoms with E-state index in [-0.39, 0.29) is 25.8 Å². The molecule has 1 fully saturated rings. The summed E-state index contributed by atoms with van der Waals surface area (Å²) in [5, 5.41) is 0. The molecule has 4 aromatic rings. The highest BCUT2D eigenvalue weighted by atomic mass is 16.7. The lowest BCUT2D eigenvalue weighted by atomic mass is 9.97.